The molecule has 0 atom stereocenters. The van der Waals surface area contributed by atoms with Crippen molar-refractivity contribution in [2.45, 2.75) is 6.04 Å². The summed E-state index contributed by atoms with van der Waals surface area (Å²) in [6, 6.07) is 19.2. The maximum absolute atomic E-state index is 12.6. The molecule has 0 saturated carbocycles. The fourth-order valence-corrected chi connectivity index (χ4v) is 3.11. The van der Waals surface area contributed by atoms with Crippen molar-refractivity contribution in [3.05, 3.63) is 103 Å². The van der Waals surface area contributed by atoms with Crippen molar-refractivity contribution in [2.75, 3.05) is 0 Å². The van der Waals surface area contributed by atoms with E-state index in [0.29, 0.717) is 4.47 Å². The SMILES string of the molecule is Cn1c(=O)c(Br)cn(C(c2ccccc2)c2ccccc2)c1=O. The molecule has 1 heterocycles. The van der Waals surface area contributed by atoms with Gasteiger partial charge in [0.25, 0.3) is 5.56 Å². The lowest BCUT2D eigenvalue weighted by atomic mass is 9.98. The molecule has 0 unspecified atom stereocenters. The third-order valence-electron chi connectivity index (χ3n) is 3.78. The number of rotatable bonds is 3. The molecule has 5 heteroatoms. The summed E-state index contributed by atoms with van der Waals surface area (Å²) in [5.41, 5.74) is 1.26. The highest BCUT2D eigenvalue weighted by Gasteiger charge is 2.19. The quantitative estimate of drug-likeness (QED) is 0.711. The molecule has 3 rings (SSSR count). The van der Waals surface area contributed by atoms with E-state index in [9.17, 15) is 9.59 Å². The maximum atomic E-state index is 12.6. The average molecular weight is 371 g/mol. The third-order valence-corrected chi connectivity index (χ3v) is 4.32. The Morgan fingerprint density at radius 2 is 1.35 bits per heavy atom. The molecule has 0 aliphatic rings. The lowest BCUT2D eigenvalue weighted by Crippen LogP contribution is -2.40. The fourth-order valence-electron chi connectivity index (χ4n) is 2.62. The molecular formula is C18H15BrN2O2. The Balaban J connectivity index is 2.30. The predicted molar refractivity (Wildman–Crippen MR) is 93.8 cm³/mol. The van der Waals surface area contributed by atoms with Crippen LogP contribution >= 0.6 is 15.9 Å². The second-order valence-corrected chi connectivity index (χ2v) is 6.11. The fraction of sp³-hybridized carbons (Fsp3) is 0.111. The number of nitrogens with zero attached hydrogens (tertiary/aromatic N) is 2. The van der Waals surface area contributed by atoms with E-state index in [2.05, 4.69) is 15.9 Å². The van der Waals surface area contributed by atoms with Gasteiger partial charge >= 0.3 is 5.69 Å². The first-order valence-corrected chi connectivity index (χ1v) is 7.96. The summed E-state index contributed by atoms with van der Waals surface area (Å²) in [7, 11) is 1.49. The number of hydrogen-bond donors (Lipinski definition) is 0. The summed E-state index contributed by atoms with van der Waals surface area (Å²) in [4.78, 5) is 24.6. The van der Waals surface area contributed by atoms with E-state index in [-0.39, 0.29) is 17.3 Å². The molecule has 2 aromatic carbocycles. The van der Waals surface area contributed by atoms with Crippen LogP contribution in [0.1, 0.15) is 17.2 Å². The van der Waals surface area contributed by atoms with Gasteiger partial charge in [0.1, 0.15) is 0 Å². The summed E-state index contributed by atoms with van der Waals surface area (Å²) in [6.45, 7) is 0. The largest absolute Gasteiger partial charge is 0.331 e. The van der Waals surface area contributed by atoms with Crippen molar-refractivity contribution in [3.8, 4) is 0 Å². The van der Waals surface area contributed by atoms with Gasteiger partial charge in [0.15, 0.2) is 0 Å². The van der Waals surface area contributed by atoms with Crippen LogP contribution in [0.25, 0.3) is 0 Å². The summed E-state index contributed by atoms with van der Waals surface area (Å²) >= 11 is 3.25. The van der Waals surface area contributed by atoms with Gasteiger partial charge in [-0.25, -0.2) is 4.79 Å². The van der Waals surface area contributed by atoms with E-state index in [4.69, 9.17) is 0 Å². The van der Waals surface area contributed by atoms with Gasteiger partial charge in [0.05, 0.1) is 10.5 Å². The standard InChI is InChI=1S/C18H15BrN2O2/c1-20-17(22)15(19)12-21(18(20)23)16(13-8-4-2-5-9-13)14-10-6-3-7-11-14/h2-12,16H,1H3. The monoisotopic (exact) mass is 370 g/mol. The van der Waals surface area contributed by atoms with Crippen molar-refractivity contribution in [1.82, 2.24) is 9.13 Å². The molecule has 0 radical (unpaired) electrons. The van der Waals surface area contributed by atoms with Gasteiger partial charge in [-0.05, 0) is 27.1 Å². The molecule has 0 saturated heterocycles. The number of aromatic nitrogens is 2. The first-order valence-electron chi connectivity index (χ1n) is 7.17. The molecule has 0 aliphatic heterocycles. The second kappa shape index (κ2) is 6.38. The molecule has 23 heavy (non-hydrogen) atoms. The minimum absolute atomic E-state index is 0.298. The highest BCUT2D eigenvalue weighted by Crippen LogP contribution is 2.25. The molecule has 0 aliphatic carbocycles. The lowest BCUT2D eigenvalue weighted by molar-refractivity contribution is 0.580. The van der Waals surface area contributed by atoms with Gasteiger partial charge in [0.2, 0.25) is 0 Å². The third kappa shape index (κ3) is 2.92. The summed E-state index contributed by atoms with van der Waals surface area (Å²) in [6.07, 6.45) is 1.56. The van der Waals surface area contributed by atoms with Gasteiger partial charge in [-0.3, -0.25) is 13.9 Å². The molecule has 0 amide bonds. The highest BCUT2D eigenvalue weighted by molar-refractivity contribution is 9.10. The Bertz CT molecular complexity index is 891. The summed E-state index contributed by atoms with van der Waals surface area (Å²) in [5, 5.41) is 0. The normalized spacial score (nSPS) is 10.9. The molecule has 116 valence electrons. The van der Waals surface area contributed by atoms with Crippen molar-refractivity contribution in [3.63, 3.8) is 0 Å². The minimum Gasteiger partial charge on any atom is -0.288 e. The van der Waals surface area contributed by atoms with Crippen molar-refractivity contribution in [2.24, 2.45) is 7.05 Å². The molecule has 0 fully saturated rings. The second-order valence-electron chi connectivity index (χ2n) is 5.25. The Labute approximate surface area is 141 Å². The van der Waals surface area contributed by atoms with Crippen LogP contribution in [-0.4, -0.2) is 9.13 Å². The van der Waals surface area contributed by atoms with E-state index < -0.39 is 0 Å². The molecule has 3 aromatic rings. The van der Waals surface area contributed by atoms with Crippen LogP contribution in [0.2, 0.25) is 0 Å². The maximum Gasteiger partial charge on any atom is 0.331 e. The number of benzene rings is 2. The van der Waals surface area contributed by atoms with E-state index in [1.54, 1.807) is 10.8 Å². The van der Waals surface area contributed by atoms with Crippen LogP contribution in [0.5, 0.6) is 0 Å². The van der Waals surface area contributed by atoms with Crippen molar-refractivity contribution < 1.29 is 0 Å². The highest BCUT2D eigenvalue weighted by atomic mass is 79.9. The Morgan fingerprint density at radius 3 is 1.83 bits per heavy atom. The average Bonchev–Trinajstić information content (AvgIpc) is 2.60. The van der Waals surface area contributed by atoms with Crippen LogP contribution in [0, 0.1) is 0 Å². The minimum atomic E-state index is -0.351. The van der Waals surface area contributed by atoms with E-state index in [1.807, 2.05) is 60.7 Å². The zero-order valence-electron chi connectivity index (χ0n) is 12.5. The van der Waals surface area contributed by atoms with Gasteiger partial charge in [-0.1, -0.05) is 60.7 Å². The molecule has 0 bridgehead atoms. The van der Waals surface area contributed by atoms with Gasteiger partial charge in [-0.15, -0.1) is 0 Å². The van der Waals surface area contributed by atoms with Crippen LogP contribution in [0.4, 0.5) is 0 Å². The van der Waals surface area contributed by atoms with Crippen molar-refractivity contribution >= 4 is 15.9 Å². The van der Waals surface area contributed by atoms with Crippen LogP contribution in [-0.2, 0) is 7.05 Å². The predicted octanol–water partition coefficient (Wildman–Crippen LogP) is 2.95. The lowest BCUT2D eigenvalue weighted by Gasteiger charge is -2.21. The van der Waals surface area contributed by atoms with Crippen LogP contribution < -0.4 is 11.2 Å². The number of hydrogen-bond acceptors (Lipinski definition) is 2. The number of halogens is 1. The molecule has 0 spiro atoms. The van der Waals surface area contributed by atoms with Crippen LogP contribution in [0.3, 0.4) is 0 Å². The van der Waals surface area contributed by atoms with Crippen molar-refractivity contribution in [1.29, 1.82) is 0 Å². The summed E-state index contributed by atoms with van der Waals surface area (Å²) in [5.74, 6) is 0. The molecule has 1 aromatic heterocycles. The molecular weight excluding hydrogens is 356 g/mol. The summed E-state index contributed by atoms with van der Waals surface area (Å²) < 4.78 is 3.05. The van der Waals surface area contributed by atoms with E-state index >= 15 is 0 Å². The Kier molecular flexibility index (Phi) is 4.30. The first kappa shape index (κ1) is 15.5. The van der Waals surface area contributed by atoms with Gasteiger partial charge in [0, 0.05) is 13.2 Å². The van der Waals surface area contributed by atoms with Crippen LogP contribution in [0.15, 0.2) is 80.9 Å². The van der Waals surface area contributed by atoms with Gasteiger partial charge < -0.3 is 0 Å². The first-order chi connectivity index (χ1) is 11.1. The topological polar surface area (TPSA) is 44.0 Å². The van der Waals surface area contributed by atoms with Gasteiger partial charge in [-0.2, -0.15) is 0 Å². The molecule has 0 N–H and O–H groups in total. The zero-order chi connectivity index (χ0) is 16.4. The Hall–Kier alpha value is -2.40. The Morgan fingerprint density at radius 1 is 0.870 bits per heavy atom. The van der Waals surface area contributed by atoms with E-state index in [1.165, 1.54) is 7.05 Å². The zero-order valence-corrected chi connectivity index (χ0v) is 14.1. The molecule has 4 nitrogen and oxygen atoms in total. The van der Waals surface area contributed by atoms with E-state index in [0.717, 1.165) is 15.7 Å². The smallest absolute Gasteiger partial charge is 0.288 e.